The molecule has 3 rings (SSSR count). The summed E-state index contributed by atoms with van der Waals surface area (Å²) in [5.41, 5.74) is 0.710. The molecule has 1 aliphatic rings. The molecule has 7 nitrogen and oxygen atoms in total. The highest BCUT2D eigenvalue weighted by atomic mass is 16.3. The normalized spacial score (nSPS) is 16.1. The maximum Gasteiger partial charge on any atom is 0.319 e. The van der Waals surface area contributed by atoms with Crippen LogP contribution in [0.15, 0.2) is 30.6 Å². The van der Waals surface area contributed by atoms with Gasteiger partial charge in [0.2, 0.25) is 0 Å². The van der Waals surface area contributed by atoms with Gasteiger partial charge in [-0.25, -0.2) is 4.79 Å². The van der Waals surface area contributed by atoms with E-state index in [2.05, 4.69) is 20.8 Å². The van der Waals surface area contributed by atoms with Crippen molar-refractivity contribution in [2.24, 2.45) is 0 Å². The van der Waals surface area contributed by atoms with Crippen molar-refractivity contribution in [3.8, 4) is 11.4 Å². The molecular formula is C17H23N5O2. The molecule has 1 saturated carbocycles. The summed E-state index contributed by atoms with van der Waals surface area (Å²) in [6.45, 7) is 3.03. The fraction of sp³-hybridized carbons (Fsp3) is 0.471. The first-order chi connectivity index (χ1) is 11.6. The van der Waals surface area contributed by atoms with Gasteiger partial charge in [0, 0.05) is 18.7 Å². The van der Waals surface area contributed by atoms with Gasteiger partial charge in [-0.3, -0.25) is 0 Å². The SMILES string of the molecule is CCn1cnnc1-c1ccccc1NC(=O)NCC1(O)CCCC1. The van der Waals surface area contributed by atoms with Gasteiger partial charge in [0.25, 0.3) is 0 Å². The number of urea groups is 1. The number of nitrogens with zero attached hydrogens (tertiary/aromatic N) is 3. The van der Waals surface area contributed by atoms with Crippen LogP contribution in [0.4, 0.5) is 10.5 Å². The van der Waals surface area contributed by atoms with Crippen molar-refractivity contribution < 1.29 is 9.90 Å². The van der Waals surface area contributed by atoms with Crippen molar-refractivity contribution in [1.29, 1.82) is 0 Å². The molecule has 0 spiro atoms. The minimum absolute atomic E-state index is 0.270. The van der Waals surface area contributed by atoms with E-state index in [4.69, 9.17) is 0 Å². The largest absolute Gasteiger partial charge is 0.388 e. The molecule has 0 saturated heterocycles. The minimum Gasteiger partial charge on any atom is -0.388 e. The van der Waals surface area contributed by atoms with Crippen LogP contribution in [-0.2, 0) is 6.54 Å². The fourth-order valence-electron chi connectivity index (χ4n) is 3.10. The third-order valence-electron chi connectivity index (χ3n) is 4.48. The van der Waals surface area contributed by atoms with Gasteiger partial charge in [0.1, 0.15) is 6.33 Å². The number of nitrogens with one attached hydrogen (secondary N) is 2. The molecule has 0 bridgehead atoms. The van der Waals surface area contributed by atoms with E-state index in [-0.39, 0.29) is 12.6 Å². The van der Waals surface area contributed by atoms with Gasteiger partial charge in [-0.2, -0.15) is 0 Å². The van der Waals surface area contributed by atoms with E-state index in [9.17, 15) is 9.90 Å². The van der Waals surface area contributed by atoms with E-state index in [1.54, 1.807) is 6.33 Å². The standard InChI is InChI=1S/C17H23N5O2/c1-2-22-12-19-21-15(22)13-7-3-4-8-14(13)20-16(23)18-11-17(24)9-5-6-10-17/h3-4,7-8,12,24H,2,5-6,9-11H2,1H3,(H2,18,20,23). The quantitative estimate of drug-likeness (QED) is 0.785. The van der Waals surface area contributed by atoms with Crippen LogP contribution in [0.25, 0.3) is 11.4 Å². The summed E-state index contributed by atoms with van der Waals surface area (Å²) >= 11 is 0. The first-order valence-corrected chi connectivity index (χ1v) is 8.36. The van der Waals surface area contributed by atoms with Crippen molar-refractivity contribution in [1.82, 2.24) is 20.1 Å². The zero-order valence-corrected chi connectivity index (χ0v) is 13.8. The van der Waals surface area contributed by atoms with Crippen molar-refractivity contribution in [3.05, 3.63) is 30.6 Å². The average molecular weight is 329 g/mol. The number of hydrogen-bond donors (Lipinski definition) is 3. The number of benzene rings is 1. The smallest absolute Gasteiger partial charge is 0.319 e. The summed E-state index contributed by atoms with van der Waals surface area (Å²) in [4.78, 5) is 12.2. The van der Waals surface area contributed by atoms with Gasteiger partial charge < -0.3 is 20.3 Å². The molecule has 7 heteroatoms. The topological polar surface area (TPSA) is 92.1 Å². The van der Waals surface area contributed by atoms with Gasteiger partial charge in [0.15, 0.2) is 5.82 Å². The van der Waals surface area contributed by atoms with E-state index in [1.807, 2.05) is 35.8 Å². The maximum atomic E-state index is 12.2. The number of aliphatic hydroxyl groups is 1. The molecule has 1 aromatic heterocycles. The Labute approximate surface area is 141 Å². The van der Waals surface area contributed by atoms with Gasteiger partial charge >= 0.3 is 6.03 Å². The second-order valence-corrected chi connectivity index (χ2v) is 6.23. The fourth-order valence-corrected chi connectivity index (χ4v) is 3.10. The predicted molar refractivity (Wildman–Crippen MR) is 91.6 cm³/mol. The molecule has 24 heavy (non-hydrogen) atoms. The summed E-state index contributed by atoms with van der Waals surface area (Å²) in [7, 11) is 0. The maximum absolute atomic E-state index is 12.2. The van der Waals surface area contributed by atoms with E-state index < -0.39 is 5.60 Å². The van der Waals surface area contributed by atoms with Crippen LogP contribution in [0.1, 0.15) is 32.6 Å². The molecule has 1 aromatic carbocycles. The van der Waals surface area contributed by atoms with Gasteiger partial charge in [0.05, 0.1) is 11.3 Å². The average Bonchev–Trinajstić information content (AvgIpc) is 3.23. The molecular weight excluding hydrogens is 306 g/mol. The summed E-state index contributed by atoms with van der Waals surface area (Å²) in [6.07, 6.45) is 5.17. The molecule has 0 radical (unpaired) electrons. The van der Waals surface area contributed by atoms with Crippen molar-refractivity contribution >= 4 is 11.7 Å². The Morgan fingerprint density at radius 3 is 2.83 bits per heavy atom. The van der Waals surface area contributed by atoms with Crippen LogP contribution >= 0.6 is 0 Å². The van der Waals surface area contributed by atoms with Crippen molar-refractivity contribution in [2.75, 3.05) is 11.9 Å². The Kier molecular flexibility index (Phi) is 4.80. The number of amides is 2. The lowest BCUT2D eigenvalue weighted by atomic mass is 10.0. The molecule has 1 aliphatic carbocycles. The predicted octanol–water partition coefficient (Wildman–Crippen LogP) is 2.39. The molecule has 0 unspecified atom stereocenters. The second kappa shape index (κ2) is 7.00. The molecule has 2 aromatic rings. The van der Waals surface area contributed by atoms with E-state index in [0.29, 0.717) is 11.5 Å². The Morgan fingerprint density at radius 1 is 1.33 bits per heavy atom. The van der Waals surface area contributed by atoms with Gasteiger partial charge in [-0.1, -0.05) is 25.0 Å². The number of hydrogen-bond acceptors (Lipinski definition) is 4. The van der Waals surface area contributed by atoms with Gasteiger partial charge in [-0.05, 0) is 31.9 Å². The monoisotopic (exact) mass is 329 g/mol. The highest BCUT2D eigenvalue weighted by Gasteiger charge is 2.31. The lowest BCUT2D eigenvalue weighted by Crippen LogP contribution is -2.42. The lowest BCUT2D eigenvalue weighted by molar-refractivity contribution is 0.0506. The minimum atomic E-state index is -0.765. The number of para-hydroxylation sites is 1. The Balaban J connectivity index is 1.70. The summed E-state index contributed by atoms with van der Waals surface area (Å²) < 4.78 is 1.92. The summed E-state index contributed by atoms with van der Waals surface area (Å²) in [5.74, 6) is 0.711. The number of rotatable bonds is 5. The number of carbonyl (C=O) groups excluding carboxylic acids is 1. The Bertz CT molecular complexity index is 707. The van der Waals surface area contributed by atoms with Crippen LogP contribution in [0.5, 0.6) is 0 Å². The number of anilines is 1. The molecule has 1 heterocycles. The molecule has 2 amide bonds. The van der Waals surface area contributed by atoms with Crippen LogP contribution in [0.3, 0.4) is 0 Å². The van der Waals surface area contributed by atoms with Crippen LogP contribution < -0.4 is 10.6 Å². The zero-order chi connectivity index (χ0) is 17.0. The molecule has 3 N–H and O–H groups in total. The van der Waals surface area contributed by atoms with Crippen LogP contribution in [0.2, 0.25) is 0 Å². The van der Waals surface area contributed by atoms with Crippen molar-refractivity contribution in [3.63, 3.8) is 0 Å². The van der Waals surface area contributed by atoms with E-state index in [0.717, 1.165) is 37.8 Å². The molecule has 0 aliphatic heterocycles. The Hall–Kier alpha value is -2.41. The summed E-state index contributed by atoms with van der Waals surface area (Å²) in [5, 5.41) is 24.0. The zero-order valence-electron chi connectivity index (χ0n) is 13.8. The van der Waals surface area contributed by atoms with Gasteiger partial charge in [-0.15, -0.1) is 10.2 Å². The number of carbonyl (C=O) groups is 1. The lowest BCUT2D eigenvalue weighted by Gasteiger charge is -2.22. The van der Waals surface area contributed by atoms with Crippen LogP contribution in [0, 0.1) is 0 Å². The van der Waals surface area contributed by atoms with Crippen LogP contribution in [-0.4, -0.2) is 38.0 Å². The second-order valence-electron chi connectivity index (χ2n) is 6.23. The van der Waals surface area contributed by atoms with E-state index in [1.165, 1.54) is 0 Å². The first-order valence-electron chi connectivity index (χ1n) is 8.36. The van der Waals surface area contributed by atoms with E-state index >= 15 is 0 Å². The molecule has 1 fully saturated rings. The third kappa shape index (κ3) is 3.56. The number of aromatic nitrogens is 3. The number of aryl methyl sites for hydroxylation is 1. The molecule has 128 valence electrons. The summed E-state index contributed by atoms with van der Waals surface area (Å²) in [6, 6.07) is 7.15. The highest BCUT2D eigenvalue weighted by Crippen LogP contribution is 2.29. The van der Waals surface area contributed by atoms with Crippen molar-refractivity contribution in [2.45, 2.75) is 44.8 Å². The Morgan fingerprint density at radius 2 is 2.08 bits per heavy atom. The highest BCUT2D eigenvalue weighted by molar-refractivity contribution is 5.93. The first kappa shape index (κ1) is 16.4. The molecule has 0 atom stereocenters. The third-order valence-corrected chi connectivity index (χ3v) is 4.48.